The van der Waals surface area contributed by atoms with E-state index in [9.17, 15) is 4.79 Å². The van der Waals surface area contributed by atoms with Crippen LogP contribution in [0.3, 0.4) is 0 Å². The maximum atomic E-state index is 12.1. The van der Waals surface area contributed by atoms with E-state index in [1.807, 2.05) is 50.2 Å². The zero-order valence-electron chi connectivity index (χ0n) is 15.9. The van der Waals surface area contributed by atoms with E-state index in [2.05, 4.69) is 12.2 Å². The van der Waals surface area contributed by atoms with Crippen molar-refractivity contribution >= 4 is 5.91 Å². The summed E-state index contributed by atoms with van der Waals surface area (Å²) in [5.41, 5.74) is 2.97. The Morgan fingerprint density at radius 1 is 1.04 bits per heavy atom. The molecule has 0 saturated heterocycles. The van der Waals surface area contributed by atoms with Gasteiger partial charge >= 0.3 is 0 Å². The van der Waals surface area contributed by atoms with Crippen LogP contribution in [0.25, 0.3) is 0 Å². The number of nitrogens with one attached hydrogen (secondary N) is 1. The molecule has 2 rings (SSSR count). The fourth-order valence-electron chi connectivity index (χ4n) is 2.57. The molecule has 0 radical (unpaired) electrons. The minimum atomic E-state index is -0.169. The van der Waals surface area contributed by atoms with Crippen LogP contribution in [-0.4, -0.2) is 26.2 Å². The van der Waals surface area contributed by atoms with E-state index < -0.39 is 0 Å². The van der Waals surface area contributed by atoms with Crippen molar-refractivity contribution in [3.63, 3.8) is 0 Å². The Labute approximate surface area is 155 Å². The van der Waals surface area contributed by atoms with Crippen molar-refractivity contribution in [1.29, 1.82) is 0 Å². The van der Waals surface area contributed by atoms with Gasteiger partial charge in [-0.25, -0.2) is 0 Å². The first-order valence-electron chi connectivity index (χ1n) is 8.80. The molecule has 26 heavy (non-hydrogen) atoms. The van der Waals surface area contributed by atoms with E-state index >= 15 is 0 Å². The fourth-order valence-corrected chi connectivity index (χ4v) is 2.57. The molecule has 0 aliphatic carbocycles. The van der Waals surface area contributed by atoms with E-state index in [0.29, 0.717) is 24.7 Å². The highest BCUT2D eigenvalue weighted by Gasteiger charge is 2.09. The van der Waals surface area contributed by atoms with Gasteiger partial charge in [0.2, 0.25) is 0 Å². The van der Waals surface area contributed by atoms with Crippen LogP contribution in [-0.2, 0) is 11.3 Å². The van der Waals surface area contributed by atoms with Gasteiger partial charge in [-0.3, -0.25) is 4.79 Å². The number of carbonyl (C=O) groups excluding carboxylic acids is 1. The minimum absolute atomic E-state index is 0.0134. The second-order valence-corrected chi connectivity index (χ2v) is 6.12. The molecule has 0 spiro atoms. The number of rotatable bonds is 9. The molecule has 0 atom stereocenters. The molecule has 2 aromatic carbocycles. The van der Waals surface area contributed by atoms with E-state index in [4.69, 9.17) is 14.2 Å². The SMILES string of the molecule is CCCOc1ccc(CNC(=O)COc2c(C)cccc2C)cc1OC. The third-order valence-electron chi connectivity index (χ3n) is 3.94. The Morgan fingerprint density at radius 2 is 1.77 bits per heavy atom. The molecule has 0 saturated carbocycles. The largest absolute Gasteiger partial charge is 0.493 e. The average Bonchev–Trinajstić information content (AvgIpc) is 2.64. The molecule has 1 N–H and O–H groups in total. The van der Waals surface area contributed by atoms with Gasteiger partial charge in [0, 0.05) is 6.54 Å². The molecule has 0 aliphatic heterocycles. The quantitative estimate of drug-likeness (QED) is 0.742. The molecular weight excluding hydrogens is 330 g/mol. The zero-order chi connectivity index (χ0) is 18.9. The maximum absolute atomic E-state index is 12.1. The highest BCUT2D eigenvalue weighted by atomic mass is 16.5. The van der Waals surface area contributed by atoms with Crippen molar-refractivity contribution in [3.05, 3.63) is 53.1 Å². The summed E-state index contributed by atoms with van der Waals surface area (Å²) in [6, 6.07) is 11.6. The lowest BCUT2D eigenvalue weighted by Crippen LogP contribution is -2.28. The van der Waals surface area contributed by atoms with Crippen LogP contribution in [0.4, 0.5) is 0 Å². The molecule has 5 nitrogen and oxygen atoms in total. The summed E-state index contributed by atoms with van der Waals surface area (Å²) in [4.78, 5) is 12.1. The van der Waals surface area contributed by atoms with Crippen molar-refractivity contribution in [2.24, 2.45) is 0 Å². The predicted molar refractivity (Wildman–Crippen MR) is 102 cm³/mol. The molecule has 2 aromatic rings. The summed E-state index contributed by atoms with van der Waals surface area (Å²) in [6.07, 6.45) is 0.932. The van der Waals surface area contributed by atoms with Crippen LogP contribution in [0.5, 0.6) is 17.2 Å². The van der Waals surface area contributed by atoms with Crippen LogP contribution in [0.2, 0.25) is 0 Å². The van der Waals surface area contributed by atoms with Gasteiger partial charge in [0.15, 0.2) is 18.1 Å². The minimum Gasteiger partial charge on any atom is -0.493 e. The van der Waals surface area contributed by atoms with E-state index in [-0.39, 0.29) is 12.5 Å². The highest BCUT2D eigenvalue weighted by molar-refractivity contribution is 5.77. The lowest BCUT2D eigenvalue weighted by Gasteiger charge is -2.13. The number of aryl methyl sites for hydroxylation is 2. The van der Waals surface area contributed by atoms with Crippen molar-refractivity contribution in [2.75, 3.05) is 20.3 Å². The van der Waals surface area contributed by atoms with Crippen LogP contribution in [0.15, 0.2) is 36.4 Å². The summed E-state index contributed by atoms with van der Waals surface area (Å²) in [5, 5.41) is 2.86. The van der Waals surface area contributed by atoms with Crippen LogP contribution in [0.1, 0.15) is 30.0 Å². The Hall–Kier alpha value is -2.69. The summed E-state index contributed by atoms with van der Waals surface area (Å²) in [6.45, 7) is 7.02. The number of benzene rings is 2. The number of hydrogen-bond donors (Lipinski definition) is 1. The summed E-state index contributed by atoms with van der Waals surface area (Å²) in [5.74, 6) is 1.97. The zero-order valence-corrected chi connectivity index (χ0v) is 15.9. The fraction of sp³-hybridized carbons (Fsp3) is 0.381. The third-order valence-corrected chi connectivity index (χ3v) is 3.94. The predicted octanol–water partition coefficient (Wildman–Crippen LogP) is 3.80. The number of hydrogen-bond acceptors (Lipinski definition) is 4. The molecule has 1 amide bonds. The molecule has 0 aliphatic rings. The normalized spacial score (nSPS) is 10.3. The van der Waals surface area contributed by atoms with Crippen molar-refractivity contribution in [1.82, 2.24) is 5.32 Å². The number of ether oxygens (including phenoxy) is 3. The molecule has 0 heterocycles. The van der Waals surface area contributed by atoms with Crippen LogP contribution < -0.4 is 19.5 Å². The second-order valence-electron chi connectivity index (χ2n) is 6.12. The van der Waals surface area contributed by atoms with Gasteiger partial charge in [-0.05, 0) is 49.1 Å². The molecule has 0 aromatic heterocycles. The summed E-state index contributed by atoms with van der Waals surface area (Å²) >= 11 is 0. The molecule has 5 heteroatoms. The number of methoxy groups -OCH3 is 1. The van der Waals surface area contributed by atoms with E-state index in [1.165, 1.54) is 0 Å². The molecule has 0 fully saturated rings. The van der Waals surface area contributed by atoms with Gasteiger partial charge in [-0.15, -0.1) is 0 Å². The Morgan fingerprint density at radius 3 is 2.42 bits per heavy atom. The molecular formula is C21H27NO4. The Kier molecular flexibility index (Phi) is 7.33. The first kappa shape index (κ1) is 19.6. The monoisotopic (exact) mass is 357 g/mol. The topological polar surface area (TPSA) is 56.8 Å². The van der Waals surface area contributed by atoms with Gasteiger partial charge in [-0.1, -0.05) is 31.2 Å². The van der Waals surface area contributed by atoms with E-state index in [1.54, 1.807) is 7.11 Å². The highest BCUT2D eigenvalue weighted by Crippen LogP contribution is 2.28. The van der Waals surface area contributed by atoms with Crippen molar-refractivity contribution in [3.8, 4) is 17.2 Å². The van der Waals surface area contributed by atoms with Gasteiger partial charge in [0.05, 0.1) is 13.7 Å². The maximum Gasteiger partial charge on any atom is 0.258 e. The Bertz CT molecular complexity index is 723. The third kappa shape index (κ3) is 5.41. The van der Waals surface area contributed by atoms with Crippen molar-refractivity contribution < 1.29 is 19.0 Å². The summed E-state index contributed by atoms with van der Waals surface area (Å²) < 4.78 is 16.7. The van der Waals surface area contributed by atoms with Gasteiger partial charge in [0.1, 0.15) is 5.75 Å². The van der Waals surface area contributed by atoms with Gasteiger partial charge in [0.25, 0.3) is 5.91 Å². The standard InChI is InChI=1S/C21H27NO4/c1-5-11-25-18-10-9-17(12-19(18)24-4)13-22-20(23)14-26-21-15(2)7-6-8-16(21)3/h6-10,12H,5,11,13-14H2,1-4H3,(H,22,23). The first-order chi connectivity index (χ1) is 12.5. The average molecular weight is 357 g/mol. The molecule has 0 bridgehead atoms. The van der Waals surface area contributed by atoms with E-state index in [0.717, 1.165) is 28.9 Å². The number of carbonyl (C=O) groups is 1. The first-order valence-corrected chi connectivity index (χ1v) is 8.80. The number of para-hydroxylation sites is 1. The smallest absolute Gasteiger partial charge is 0.258 e. The Balaban J connectivity index is 1.89. The lowest BCUT2D eigenvalue weighted by molar-refractivity contribution is -0.123. The van der Waals surface area contributed by atoms with Crippen molar-refractivity contribution in [2.45, 2.75) is 33.7 Å². The van der Waals surface area contributed by atoms with Gasteiger partial charge < -0.3 is 19.5 Å². The summed E-state index contributed by atoms with van der Waals surface area (Å²) in [7, 11) is 1.61. The van der Waals surface area contributed by atoms with Crippen LogP contribution >= 0.6 is 0 Å². The second kappa shape index (κ2) is 9.70. The van der Waals surface area contributed by atoms with Gasteiger partial charge in [-0.2, -0.15) is 0 Å². The van der Waals surface area contributed by atoms with Crippen LogP contribution in [0, 0.1) is 13.8 Å². The number of amides is 1. The lowest BCUT2D eigenvalue weighted by atomic mass is 10.1. The molecule has 0 unspecified atom stereocenters. The molecule has 140 valence electrons.